The smallest absolute Gasteiger partial charge is 0.306 e. The maximum absolute atomic E-state index is 13.2. The van der Waals surface area contributed by atoms with Gasteiger partial charge in [0, 0.05) is 6.42 Å². The Bertz CT molecular complexity index is 924. The standard InChI is InChI=1S/C55H107NO5/c1-4-7-10-13-16-19-21-23-25-27-28-30-32-35-38-41-44-47-53(58)52(50-57)56-54(59)49-51(46-43-40-37-34-18-15-12-9-6-3)61-55(60)48-45-42-39-36-33-31-29-26-24-22-20-17-14-11-8-5-2/h26,29,51-53,57-58H,4-25,27-28,30-50H2,1-3H3,(H,56,59)/b29-26+. The summed E-state index contributed by atoms with van der Waals surface area (Å²) in [7, 11) is 0. The van der Waals surface area contributed by atoms with Crippen molar-refractivity contribution >= 4 is 11.9 Å². The normalized spacial score (nSPS) is 13.2. The lowest BCUT2D eigenvalue weighted by Gasteiger charge is -2.24. The minimum atomic E-state index is -0.783. The molecule has 6 heteroatoms. The van der Waals surface area contributed by atoms with Crippen molar-refractivity contribution in [1.29, 1.82) is 0 Å². The van der Waals surface area contributed by atoms with Gasteiger partial charge in [0.05, 0.1) is 25.2 Å². The molecule has 0 fully saturated rings. The molecule has 0 aliphatic carbocycles. The Kier molecular flexibility index (Phi) is 48.5. The van der Waals surface area contributed by atoms with E-state index < -0.39 is 18.2 Å². The van der Waals surface area contributed by atoms with E-state index in [4.69, 9.17) is 4.74 Å². The summed E-state index contributed by atoms with van der Waals surface area (Å²) in [6.07, 6.45) is 55.7. The first-order valence-corrected chi connectivity index (χ1v) is 27.4. The summed E-state index contributed by atoms with van der Waals surface area (Å²) in [5.74, 6) is -0.467. The first-order chi connectivity index (χ1) is 30.0. The van der Waals surface area contributed by atoms with Crippen molar-refractivity contribution in [3.05, 3.63) is 12.2 Å². The van der Waals surface area contributed by atoms with Crippen LogP contribution >= 0.6 is 0 Å². The van der Waals surface area contributed by atoms with Crippen LogP contribution in [0.2, 0.25) is 0 Å². The molecule has 0 aliphatic heterocycles. The number of carbonyl (C=O) groups is 2. The van der Waals surface area contributed by atoms with Gasteiger partial charge in [0.15, 0.2) is 0 Å². The molecule has 0 rings (SSSR count). The highest BCUT2D eigenvalue weighted by Gasteiger charge is 2.24. The Morgan fingerprint density at radius 3 is 1.16 bits per heavy atom. The van der Waals surface area contributed by atoms with E-state index in [0.29, 0.717) is 19.3 Å². The molecule has 0 spiro atoms. The highest BCUT2D eigenvalue weighted by molar-refractivity contribution is 5.77. The Balaban J connectivity index is 4.38. The van der Waals surface area contributed by atoms with E-state index in [1.807, 2.05) is 0 Å². The molecule has 0 aromatic carbocycles. The largest absolute Gasteiger partial charge is 0.462 e. The fourth-order valence-corrected chi connectivity index (χ4v) is 8.66. The van der Waals surface area contributed by atoms with Gasteiger partial charge in [-0.05, 0) is 51.4 Å². The van der Waals surface area contributed by atoms with Crippen molar-refractivity contribution in [2.24, 2.45) is 0 Å². The number of ether oxygens (including phenoxy) is 1. The predicted octanol–water partition coefficient (Wildman–Crippen LogP) is 16.5. The Morgan fingerprint density at radius 1 is 0.459 bits per heavy atom. The van der Waals surface area contributed by atoms with Gasteiger partial charge in [0.25, 0.3) is 0 Å². The summed E-state index contributed by atoms with van der Waals surface area (Å²) in [6.45, 7) is 6.50. The zero-order valence-electron chi connectivity index (χ0n) is 41.3. The first kappa shape index (κ1) is 59.6. The average Bonchev–Trinajstić information content (AvgIpc) is 3.25. The van der Waals surface area contributed by atoms with Crippen molar-refractivity contribution in [1.82, 2.24) is 5.32 Å². The number of aliphatic hydroxyl groups excluding tert-OH is 2. The van der Waals surface area contributed by atoms with E-state index in [1.165, 1.54) is 205 Å². The molecule has 61 heavy (non-hydrogen) atoms. The molecule has 3 atom stereocenters. The number of hydrogen-bond donors (Lipinski definition) is 3. The van der Waals surface area contributed by atoms with Gasteiger partial charge in [0.1, 0.15) is 6.10 Å². The minimum absolute atomic E-state index is 0.0809. The number of unbranched alkanes of at least 4 members (excludes halogenated alkanes) is 36. The van der Waals surface area contributed by atoms with Gasteiger partial charge in [-0.25, -0.2) is 0 Å². The maximum atomic E-state index is 13.2. The molecule has 3 N–H and O–H groups in total. The van der Waals surface area contributed by atoms with Gasteiger partial charge in [0.2, 0.25) is 5.91 Å². The monoisotopic (exact) mass is 862 g/mol. The number of amides is 1. The van der Waals surface area contributed by atoms with Crippen LogP contribution in [-0.2, 0) is 14.3 Å². The molecule has 0 radical (unpaired) electrons. The molecule has 0 aromatic rings. The molecule has 0 heterocycles. The summed E-state index contributed by atoms with van der Waals surface area (Å²) in [5, 5.41) is 23.8. The highest BCUT2D eigenvalue weighted by Crippen LogP contribution is 2.18. The van der Waals surface area contributed by atoms with Crippen molar-refractivity contribution in [3.8, 4) is 0 Å². The van der Waals surface area contributed by atoms with Crippen molar-refractivity contribution in [2.75, 3.05) is 6.61 Å². The number of nitrogens with one attached hydrogen (secondary N) is 1. The number of hydrogen-bond acceptors (Lipinski definition) is 5. The maximum Gasteiger partial charge on any atom is 0.306 e. The minimum Gasteiger partial charge on any atom is -0.462 e. The number of rotatable bonds is 50. The van der Waals surface area contributed by atoms with Gasteiger partial charge in [-0.15, -0.1) is 0 Å². The Labute approximate surface area is 380 Å². The molecule has 3 unspecified atom stereocenters. The molecule has 0 aliphatic rings. The second-order valence-corrected chi connectivity index (χ2v) is 19.0. The molecular formula is C55H107NO5. The van der Waals surface area contributed by atoms with Crippen LogP contribution in [0.15, 0.2) is 12.2 Å². The second kappa shape index (κ2) is 49.6. The number of aliphatic hydroxyl groups is 2. The third-order valence-corrected chi connectivity index (χ3v) is 12.8. The van der Waals surface area contributed by atoms with Crippen LogP contribution in [-0.4, -0.2) is 46.9 Å². The van der Waals surface area contributed by atoms with E-state index >= 15 is 0 Å². The third kappa shape index (κ3) is 45.0. The highest BCUT2D eigenvalue weighted by atomic mass is 16.5. The quantitative estimate of drug-likeness (QED) is 0.0322. The van der Waals surface area contributed by atoms with E-state index in [2.05, 4.69) is 38.2 Å². The average molecular weight is 862 g/mol. The van der Waals surface area contributed by atoms with E-state index in [9.17, 15) is 19.8 Å². The SMILES string of the molecule is CCCCCCCCC/C=C/CCCCCCCC(=O)OC(CCCCCCCCCCC)CC(=O)NC(CO)C(O)CCCCCCCCCCCCCCCCCCC. The summed E-state index contributed by atoms with van der Waals surface area (Å²) >= 11 is 0. The third-order valence-electron chi connectivity index (χ3n) is 12.8. The van der Waals surface area contributed by atoms with Gasteiger partial charge in [-0.2, -0.15) is 0 Å². The van der Waals surface area contributed by atoms with Crippen molar-refractivity contribution < 1.29 is 24.5 Å². The summed E-state index contributed by atoms with van der Waals surface area (Å²) in [4.78, 5) is 26.1. The van der Waals surface area contributed by atoms with E-state index in [0.717, 1.165) is 51.4 Å². The van der Waals surface area contributed by atoms with Crippen molar-refractivity contribution in [2.45, 2.75) is 322 Å². The van der Waals surface area contributed by atoms with Crippen LogP contribution in [0.3, 0.4) is 0 Å². The summed E-state index contributed by atoms with van der Waals surface area (Å²) in [5.41, 5.74) is 0. The summed E-state index contributed by atoms with van der Waals surface area (Å²) < 4.78 is 5.93. The zero-order valence-corrected chi connectivity index (χ0v) is 41.3. The Hall–Kier alpha value is -1.40. The zero-order chi connectivity index (χ0) is 44.5. The molecule has 0 bridgehead atoms. The van der Waals surface area contributed by atoms with Gasteiger partial charge in [-0.1, -0.05) is 251 Å². The topological polar surface area (TPSA) is 95.9 Å². The van der Waals surface area contributed by atoms with Crippen LogP contribution in [0.1, 0.15) is 303 Å². The number of carbonyl (C=O) groups excluding carboxylic acids is 2. The molecular weight excluding hydrogens is 755 g/mol. The van der Waals surface area contributed by atoms with Crippen LogP contribution < -0.4 is 5.32 Å². The van der Waals surface area contributed by atoms with Gasteiger partial charge >= 0.3 is 5.97 Å². The van der Waals surface area contributed by atoms with E-state index in [-0.39, 0.29) is 24.9 Å². The molecule has 0 aromatic heterocycles. The van der Waals surface area contributed by atoms with Crippen LogP contribution in [0.5, 0.6) is 0 Å². The molecule has 362 valence electrons. The van der Waals surface area contributed by atoms with Crippen LogP contribution in [0, 0.1) is 0 Å². The summed E-state index contributed by atoms with van der Waals surface area (Å²) in [6, 6.07) is -0.696. The van der Waals surface area contributed by atoms with Gasteiger partial charge in [-0.3, -0.25) is 9.59 Å². The second-order valence-electron chi connectivity index (χ2n) is 19.0. The number of esters is 1. The molecule has 0 saturated carbocycles. The van der Waals surface area contributed by atoms with Crippen molar-refractivity contribution in [3.63, 3.8) is 0 Å². The molecule has 0 saturated heterocycles. The molecule has 1 amide bonds. The lowest BCUT2D eigenvalue weighted by molar-refractivity contribution is -0.151. The predicted molar refractivity (Wildman–Crippen MR) is 264 cm³/mol. The fraction of sp³-hybridized carbons (Fsp3) is 0.927. The lowest BCUT2D eigenvalue weighted by atomic mass is 10.0. The number of allylic oxidation sites excluding steroid dienone is 2. The van der Waals surface area contributed by atoms with E-state index in [1.54, 1.807) is 0 Å². The van der Waals surface area contributed by atoms with Crippen LogP contribution in [0.25, 0.3) is 0 Å². The van der Waals surface area contributed by atoms with Crippen LogP contribution in [0.4, 0.5) is 0 Å². The molecule has 6 nitrogen and oxygen atoms in total. The Morgan fingerprint density at radius 2 is 0.787 bits per heavy atom. The van der Waals surface area contributed by atoms with Gasteiger partial charge < -0.3 is 20.3 Å². The first-order valence-electron chi connectivity index (χ1n) is 27.4. The lowest BCUT2D eigenvalue weighted by Crippen LogP contribution is -2.46. The fourth-order valence-electron chi connectivity index (χ4n) is 8.66.